The summed E-state index contributed by atoms with van der Waals surface area (Å²) in [6.45, 7) is 7.42. The van der Waals surface area contributed by atoms with Crippen molar-refractivity contribution in [1.29, 1.82) is 0 Å². The third-order valence-corrected chi connectivity index (χ3v) is 5.89. The Morgan fingerprint density at radius 2 is 1.89 bits per heavy atom. The maximum absolute atomic E-state index is 13.2. The topological polar surface area (TPSA) is 45.6 Å². The van der Waals surface area contributed by atoms with E-state index in [0.717, 1.165) is 44.6 Å². The second-order valence-electron chi connectivity index (χ2n) is 8.25. The summed E-state index contributed by atoms with van der Waals surface area (Å²) >= 11 is 0. The Morgan fingerprint density at radius 1 is 1.14 bits per heavy atom. The van der Waals surface area contributed by atoms with Crippen molar-refractivity contribution in [3.63, 3.8) is 0 Å². The van der Waals surface area contributed by atoms with Crippen LogP contribution in [0.15, 0.2) is 47.4 Å². The molecule has 1 saturated carbocycles. The lowest BCUT2D eigenvalue weighted by atomic mass is 10.1. The van der Waals surface area contributed by atoms with Crippen LogP contribution in [0.1, 0.15) is 53.8 Å². The first-order valence-corrected chi connectivity index (χ1v) is 10.3. The third kappa shape index (κ3) is 4.04. The average Bonchev–Trinajstić information content (AvgIpc) is 3.51. The Morgan fingerprint density at radius 3 is 2.61 bits per heavy atom. The van der Waals surface area contributed by atoms with Crippen molar-refractivity contribution < 1.29 is 4.79 Å². The summed E-state index contributed by atoms with van der Waals surface area (Å²) in [7, 11) is 0. The van der Waals surface area contributed by atoms with Crippen LogP contribution in [0, 0.1) is 6.92 Å². The highest BCUT2D eigenvalue weighted by Crippen LogP contribution is 2.35. The molecule has 0 N–H and O–H groups in total. The number of amides is 1. The fourth-order valence-corrected chi connectivity index (χ4v) is 4.24. The molecule has 1 amide bonds. The van der Waals surface area contributed by atoms with E-state index in [4.69, 9.17) is 0 Å². The minimum absolute atomic E-state index is 0.0776. The number of benzene rings is 1. The molecule has 5 heteroatoms. The minimum atomic E-state index is -0.156. The van der Waals surface area contributed by atoms with E-state index in [1.54, 1.807) is 12.3 Å². The Bertz CT molecular complexity index is 902. The SMILES string of the molecule is Cc1cc(=O)c(C(=O)N2CCCN(Cc3ccccc3)C[C@H]2C)cn1C1CC1. The lowest BCUT2D eigenvalue weighted by Gasteiger charge is -2.29. The predicted molar refractivity (Wildman–Crippen MR) is 111 cm³/mol. The third-order valence-electron chi connectivity index (χ3n) is 5.89. The number of hydrogen-bond donors (Lipinski definition) is 0. The molecule has 2 aromatic rings. The first kappa shape index (κ1) is 18.9. The van der Waals surface area contributed by atoms with Crippen molar-refractivity contribution in [3.05, 3.63) is 69.6 Å². The molecule has 4 rings (SSSR count). The van der Waals surface area contributed by atoms with Gasteiger partial charge in [-0.05, 0) is 38.7 Å². The molecule has 2 aliphatic rings. The first-order chi connectivity index (χ1) is 13.5. The number of nitrogens with zero attached hydrogens (tertiary/aromatic N) is 3. The van der Waals surface area contributed by atoms with Crippen LogP contribution in [-0.2, 0) is 6.54 Å². The average molecular weight is 380 g/mol. The van der Waals surface area contributed by atoms with Crippen molar-refractivity contribution in [3.8, 4) is 0 Å². The number of carbonyl (C=O) groups excluding carboxylic acids is 1. The Kier molecular flexibility index (Phi) is 5.36. The van der Waals surface area contributed by atoms with Gasteiger partial charge in [0.1, 0.15) is 5.56 Å². The van der Waals surface area contributed by atoms with Crippen LogP contribution in [0.4, 0.5) is 0 Å². The Hall–Kier alpha value is -2.40. The smallest absolute Gasteiger partial charge is 0.259 e. The lowest BCUT2D eigenvalue weighted by Crippen LogP contribution is -2.44. The van der Waals surface area contributed by atoms with E-state index in [9.17, 15) is 9.59 Å². The molecule has 0 radical (unpaired) electrons. The van der Waals surface area contributed by atoms with Crippen LogP contribution < -0.4 is 5.43 Å². The van der Waals surface area contributed by atoms with Gasteiger partial charge in [0.25, 0.3) is 5.91 Å². The van der Waals surface area contributed by atoms with Crippen LogP contribution in [0.5, 0.6) is 0 Å². The molecule has 1 aromatic heterocycles. The molecule has 1 aliphatic carbocycles. The molecule has 2 fully saturated rings. The van der Waals surface area contributed by atoms with Crippen LogP contribution in [0.25, 0.3) is 0 Å². The molecular weight excluding hydrogens is 350 g/mol. The number of rotatable bonds is 4. The molecule has 0 spiro atoms. The van der Waals surface area contributed by atoms with Gasteiger partial charge in [0.15, 0.2) is 5.43 Å². The van der Waals surface area contributed by atoms with Crippen molar-refractivity contribution in [1.82, 2.24) is 14.4 Å². The predicted octanol–water partition coefficient (Wildman–Crippen LogP) is 3.23. The summed E-state index contributed by atoms with van der Waals surface area (Å²) < 4.78 is 2.11. The first-order valence-electron chi connectivity index (χ1n) is 10.3. The van der Waals surface area contributed by atoms with Crippen molar-refractivity contribution in [2.24, 2.45) is 0 Å². The van der Waals surface area contributed by atoms with E-state index < -0.39 is 0 Å². The highest BCUT2D eigenvalue weighted by Gasteiger charge is 2.30. The molecule has 0 unspecified atom stereocenters. The molecule has 1 aliphatic heterocycles. The summed E-state index contributed by atoms with van der Waals surface area (Å²) in [5.41, 5.74) is 2.40. The van der Waals surface area contributed by atoms with Gasteiger partial charge in [-0.1, -0.05) is 30.3 Å². The van der Waals surface area contributed by atoms with Gasteiger partial charge in [0, 0.05) is 56.2 Å². The summed E-state index contributed by atoms with van der Waals surface area (Å²) in [5.74, 6) is -0.117. The molecule has 1 atom stereocenters. The van der Waals surface area contributed by atoms with Crippen molar-refractivity contribution in [2.75, 3.05) is 19.6 Å². The van der Waals surface area contributed by atoms with Gasteiger partial charge >= 0.3 is 0 Å². The molecule has 5 nitrogen and oxygen atoms in total. The van der Waals surface area contributed by atoms with Gasteiger partial charge in [-0.2, -0.15) is 0 Å². The second-order valence-corrected chi connectivity index (χ2v) is 8.25. The number of hydrogen-bond acceptors (Lipinski definition) is 3. The normalized spacial score (nSPS) is 20.8. The maximum atomic E-state index is 13.2. The van der Waals surface area contributed by atoms with E-state index in [1.807, 2.05) is 17.9 Å². The monoisotopic (exact) mass is 379 g/mol. The second kappa shape index (κ2) is 7.92. The van der Waals surface area contributed by atoms with Gasteiger partial charge in [-0.25, -0.2) is 0 Å². The highest BCUT2D eigenvalue weighted by molar-refractivity contribution is 5.94. The van der Waals surface area contributed by atoms with E-state index >= 15 is 0 Å². The quantitative estimate of drug-likeness (QED) is 0.819. The molecule has 28 heavy (non-hydrogen) atoms. The summed E-state index contributed by atoms with van der Waals surface area (Å²) in [4.78, 5) is 30.1. The Balaban J connectivity index is 1.50. The molecule has 2 heterocycles. The summed E-state index contributed by atoms with van der Waals surface area (Å²) in [6.07, 6.45) is 4.99. The lowest BCUT2D eigenvalue weighted by molar-refractivity contribution is 0.0689. The fourth-order valence-electron chi connectivity index (χ4n) is 4.24. The molecular formula is C23H29N3O2. The summed E-state index contributed by atoms with van der Waals surface area (Å²) in [5, 5.41) is 0. The maximum Gasteiger partial charge on any atom is 0.259 e. The van der Waals surface area contributed by atoms with E-state index in [1.165, 1.54) is 5.56 Å². The number of aromatic nitrogens is 1. The number of aryl methyl sites for hydroxylation is 1. The number of carbonyl (C=O) groups is 1. The van der Waals surface area contributed by atoms with Crippen LogP contribution in [0.3, 0.4) is 0 Å². The molecule has 1 aromatic carbocycles. The van der Waals surface area contributed by atoms with Crippen LogP contribution in [-0.4, -0.2) is 46.0 Å². The fraction of sp³-hybridized carbons (Fsp3) is 0.478. The van der Waals surface area contributed by atoms with Gasteiger partial charge < -0.3 is 9.47 Å². The Labute approximate surface area is 166 Å². The zero-order valence-corrected chi connectivity index (χ0v) is 16.8. The van der Waals surface area contributed by atoms with Crippen molar-refractivity contribution >= 4 is 5.91 Å². The standard InChI is InChI=1S/C23H29N3O2/c1-17-13-22(27)21(16-26(17)20-9-10-20)23(28)25-12-6-11-24(14-18(25)2)15-19-7-4-3-5-8-19/h3-5,7-8,13,16,18,20H,6,9-12,14-15H2,1-2H3/t18-/m1/s1. The van der Waals surface area contributed by atoms with E-state index in [2.05, 4.69) is 40.7 Å². The van der Waals surface area contributed by atoms with Crippen molar-refractivity contribution in [2.45, 2.75) is 51.7 Å². The number of pyridine rings is 1. The van der Waals surface area contributed by atoms with Gasteiger partial charge in [-0.3, -0.25) is 14.5 Å². The largest absolute Gasteiger partial charge is 0.348 e. The van der Waals surface area contributed by atoms with E-state index in [-0.39, 0.29) is 17.4 Å². The molecule has 1 saturated heterocycles. The molecule has 0 bridgehead atoms. The van der Waals surface area contributed by atoms with Gasteiger partial charge in [0.05, 0.1) is 0 Å². The van der Waals surface area contributed by atoms with Crippen LogP contribution in [0.2, 0.25) is 0 Å². The van der Waals surface area contributed by atoms with E-state index in [0.29, 0.717) is 18.2 Å². The highest BCUT2D eigenvalue weighted by atomic mass is 16.2. The minimum Gasteiger partial charge on any atom is -0.348 e. The van der Waals surface area contributed by atoms with Crippen LogP contribution >= 0.6 is 0 Å². The zero-order chi connectivity index (χ0) is 19.7. The molecule has 148 valence electrons. The van der Waals surface area contributed by atoms with Gasteiger partial charge in [-0.15, -0.1) is 0 Å². The van der Waals surface area contributed by atoms with Gasteiger partial charge in [0.2, 0.25) is 0 Å². The zero-order valence-electron chi connectivity index (χ0n) is 16.8. The summed E-state index contributed by atoms with van der Waals surface area (Å²) in [6, 6.07) is 12.6.